The van der Waals surface area contributed by atoms with Gasteiger partial charge in [0.05, 0.1) is 12.7 Å². The number of benzene rings is 1. The maximum Gasteiger partial charge on any atom is 0.191 e. The summed E-state index contributed by atoms with van der Waals surface area (Å²) in [6.07, 6.45) is 6.29. The quantitative estimate of drug-likeness (QED) is 0.303. The smallest absolute Gasteiger partial charge is 0.191 e. The van der Waals surface area contributed by atoms with E-state index in [1.165, 1.54) is 11.1 Å². The molecular weight excluding hydrogens is 529 g/mol. The molecule has 0 atom stereocenters. The van der Waals surface area contributed by atoms with Gasteiger partial charge < -0.3 is 25.0 Å². The van der Waals surface area contributed by atoms with E-state index in [9.17, 15) is 0 Å². The first-order chi connectivity index (χ1) is 15.8. The van der Waals surface area contributed by atoms with Crippen LogP contribution < -0.4 is 15.5 Å². The number of rotatable bonds is 7. The first-order valence-electron chi connectivity index (χ1n) is 11.7. The Labute approximate surface area is 214 Å². The monoisotopic (exact) mass is 565 g/mol. The zero-order valence-electron chi connectivity index (χ0n) is 19.4. The van der Waals surface area contributed by atoms with Gasteiger partial charge >= 0.3 is 0 Å². The topological polar surface area (TPSA) is 71.0 Å². The lowest BCUT2D eigenvalue weighted by molar-refractivity contribution is -0.0390. The summed E-state index contributed by atoms with van der Waals surface area (Å²) < 4.78 is 11.5. The molecule has 1 aromatic heterocycles. The van der Waals surface area contributed by atoms with Crippen LogP contribution in [-0.4, -0.2) is 56.4 Å². The van der Waals surface area contributed by atoms with E-state index >= 15 is 0 Å². The van der Waals surface area contributed by atoms with Gasteiger partial charge in [0.25, 0.3) is 0 Å². The minimum atomic E-state index is 0. The molecule has 0 aliphatic carbocycles. The Hall–Kier alpha value is -1.91. The molecule has 2 aromatic rings. The van der Waals surface area contributed by atoms with Crippen LogP contribution in [0.15, 0.2) is 53.7 Å². The fraction of sp³-hybridized carbons (Fsp3) is 0.520. The highest BCUT2D eigenvalue weighted by molar-refractivity contribution is 14.0. The normalized spacial score (nSPS) is 18.0. The van der Waals surface area contributed by atoms with E-state index in [0.29, 0.717) is 18.8 Å². The minimum absolute atomic E-state index is 0. The Balaban J connectivity index is 0.00000306. The van der Waals surface area contributed by atoms with Crippen LogP contribution in [-0.2, 0) is 22.6 Å². The molecule has 2 aliphatic rings. The molecule has 2 N–H and O–H groups in total. The third kappa shape index (κ3) is 8.12. The summed E-state index contributed by atoms with van der Waals surface area (Å²) in [7, 11) is 1.83. The van der Waals surface area contributed by atoms with Gasteiger partial charge in [0.15, 0.2) is 5.96 Å². The maximum absolute atomic E-state index is 6.07. The van der Waals surface area contributed by atoms with Crippen molar-refractivity contribution in [1.29, 1.82) is 0 Å². The Morgan fingerprint density at radius 3 is 2.61 bits per heavy atom. The van der Waals surface area contributed by atoms with E-state index in [-0.39, 0.29) is 24.0 Å². The summed E-state index contributed by atoms with van der Waals surface area (Å²) in [5.74, 6) is 1.92. The summed E-state index contributed by atoms with van der Waals surface area (Å²) >= 11 is 0. The highest BCUT2D eigenvalue weighted by Crippen LogP contribution is 2.17. The van der Waals surface area contributed by atoms with Crippen molar-refractivity contribution >= 4 is 35.8 Å². The fourth-order valence-electron chi connectivity index (χ4n) is 4.25. The van der Waals surface area contributed by atoms with Crippen molar-refractivity contribution in [3.05, 3.63) is 59.8 Å². The lowest BCUT2D eigenvalue weighted by Gasteiger charge is -2.33. The van der Waals surface area contributed by atoms with Crippen LogP contribution in [0.4, 0.5) is 5.82 Å². The molecule has 2 aliphatic heterocycles. The highest BCUT2D eigenvalue weighted by Gasteiger charge is 2.20. The van der Waals surface area contributed by atoms with Crippen LogP contribution in [0.2, 0.25) is 0 Å². The summed E-state index contributed by atoms with van der Waals surface area (Å²) in [6, 6.07) is 15.1. The Kier molecular flexibility index (Phi) is 10.7. The predicted molar refractivity (Wildman–Crippen MR) is 143 cm³/mol. The number of anilines is 1. The minimum Gasteiger partial charge on any atom is -0.381 e. The molecular formula is C25H36IN5O2. The van der Waals surface area contributed by atoms with Crippen molar-refractivity contribution in [2.45, 2.75) is 51.0 Å². The van der Waals surface area contributed by atoms with E-state index in [1.807, 2.05) is 25.4 Å². The van der Waals surface area contributed by atoms with Gasteiger partial charge in [-0.1, -0.05) is 30.3 Å². The molecule has 3 heterocycles. The fourth-order valence-corrected chi connectivity index (χ4v) is 4.25. The molecule has 0 bridgehead atoms. The zero-order valence-corrected chi connectivity index (χ0v) is 21.7. The number of guanidine groups is 1. The Morgan fingerprint density at radius 1 is 1.09 bits per heavy atom. The molecule has 1 aromatic carbocycles. The number of piperidine rings is 1. The molecule has 0 unspecified atom stereocenters. The predicted octanol–water partition coefficient (Wildman–Crippen LogP) is 3.73. The average Bonchev–Trinajstić information content (AvgIpc) is 2.87. The van der Waals surface area contributed by atoms with Gasteiger partial charge in [0.2, 0.25) is 0 Å². The third-order valence-electron chi connectivity index (χ3n) is 6.14. The number of aliphatic imine (C=N–C) groups is 1. The van der Waals surface area contributed by atoms with Gasteiger partial charge in [0.1, 0.15) is 5.82 Å². The summed E-state index contributed by atoms with van der Waals surface area (Å²) in [4.78, 5) is 11.2. The first kappa shape index (κ1) is 25.7. The number of pyridine rings is 1. The van der Waals surface area contributed by atoms with Crippen LogP contribution >= 0.6 is 24.0 Å². The number of halogens is 1. The average molecular weight is 566 g/mol. The summed E-state index contributed by atoms with van der Waals surface area (Å²) in [6.45, 7) is 5.01. The van der Waals surface area contributed by atoms with Crippen LogP contribution in [0.5, 0.6) is 0 Å². The van der Waals surface area contributed by atoms with Crippen LogP contribution in [0.25, 0.3) is 0 Å². The van der Waals surface area contributed by atoms with E-state index in [4.69, 9.17) is 9.47 Å². The van der Waals surface area contributed by atoms with E-state index in [0.717, 1.165) is 70.3 Å². The van der Waals surface area contributed by atoms with Gasteiger partial charge in [-0.25, -0.2) is 4.98 Å². The number of nitrogens with zero attached hydrogens (tertiary/aromatic N) is 3. The Morgan fingerprint density at radius 2 is 1.88 bits per heavy atom. The van der Waals surface area contributed by atoms with Crippen LogP contribution in [0.3, 0.4) is 0 Å². The number of hydrogen-bond donors (Lipinski definition) is 2. The molecule has 2 saturated heterocycles. The first-order valence-corrected chi connectivity index (χ1v) is 11.7. The number of aromatic nitrogens is 1. The second-order valence-corrected chi connectivity index (χ2v) is 8.46. The number of hydrogen-bond acceptors (Lipinski definition) is 5. The van der Waals surface area contributed by atoms with Crippen LogP contribution in [0.1, 0.15) is 36.8 Å². The molecule has 2 fully saturated rings. The Bertz CT molecular complexity index is 853. The SMILES string of the molecule is CN=C(NCc1cccc(COC2CCOCC2)c1)NC1CCN(c2ccccn2)CC1.I. The van der Waals surface area contributed by atoms with Gasteiger partial charge in [-0.15, -0.1) is 24.0 Å². The van der Waals surface area contributed by atoms with Crippen molar-refractivity contribution in [2.75, 3.05) is 38.3 Å². The van der Waals surface area contributed by atoms with E-state index in [2.05, 4.69) is 55.8 Å². The van der Waals surface area contributed by atoms with Gasteiger partial charge in [-0.2, -0.15) is 0 Å². The largest absolute Gasteiger partial charge is 0.381 e. The van der Waals surface area contributed by atoms with Crippen molar-refractivity contribution in [3.8, 4) is 0 Å². The molecule has 4 rings (SSSR count). The number of ether oxygens (including phenoxy) is 2. The van der Waals surface area contributed by atoms with Crippen molar-refractivity contribution < 1.29 is 9.47 Å². The zero-order chi connectivity index (χ0) is 22.0. The lowest BCUT2D eigenvalue weighted by Crippen LogP contribution is -2.48. The van der Waals surface area contributed by atoms with Gasteiger partial charge in [-0.05, 0) is 48.9 Å². The van der Waals surface area contributed by atoms with E-state index in [1.54, 1.807) is 0 Å². The number of nitrogens with one attached hydrogen (secondary N) is 2. The van der Waals surface area contributed by atoms with Crippen molar-refractivity contribution in [1.82, 2.24) is 15.6 Å². The molecule has 180 valence electrons. The highest BCUT2D eigenvalue weighted by atomic mass is 127. The summed E-state index contributed by atoms with van der Waals surface area (Å²) in [5, 5.41) is 7.05. The van der Waals surface area contributed by atoms with Crippen molar-refractivity contribution in [3.63, 3.8) is 0 Å². The molecule has 0 saturated carbocycles. The standard InChI is InChI=1S/C25H35N5O2.HI/c1-26-25(29-22-8-13-30(14-9-22)24-7-2-3-12-27-24)28-18-20-5-4-6-21(17-20)19-32-23-10-15-31-16-11-23;/h2-7,12,17,22-23H,8-11,13-16,18-19H2,1H3,(H2,26,28,29);1H. The second-order valence-electron chi connectivity index (χ2n) is 8.46. The molecule has 7 nitrogen and oxygen atoms in total. The van der Waals surface area contributed by atoms with E-state index < -0.39 is 0 Å². The third-order valence-corrected chi connectivity index (χ3v) is 6.14. The van der Waals surface area contributed by atoms with Gasteiger partial charge in [0, 0.05) is 52.1 Å². The maximum atomic E-state index is 6.07. The molecule has 0 spiro atoms. The molecule has 33 heavy (non-hydrogen) atoms. The molecule has 0 radical (unpaired) electrons. The van der Waals surface area contributed by atoms with Gasteiger partial charge in [-0.3, -0.25) is 4.99 Å². The second kappa shape index (κ2) is 13.7. The lowest BCUT2D eigenvalue weighted by atomic mass is 10.1. The van der Waals surface area contributed by atoms with Crippen molar-refractivity contribution in [2.24, 2.45) is 4.99 Å². The molecule has 8 heteroatoms. The molecule has 0 amide bonds. The van der Waals surface area contributed by atoms with Crippen LogP contribution in [0, 0.1) is 0 Å². The summed E-state index contributed by atoms with van der Waals surface area (Å²) in [5.41, 5.74) is 2.44.